The van der Waals surface area contributed by atoms with Gasteiger partial charge in [-0.2, -0.15) is 13.2 Å². The summed E-state index contributed by atoms with van der Waals surface area (Å²) in [6, 6.07) is 3.06. The summed E-state index contributed by atoms with van der Waals surface area (Å²) >= 11 is 0. The zero-order chi connectivity index (χ0) is 29.4. The summed E-state index contributed by atoms with van der Waals surface area (Å²) in [7, 11) is 2.92. The molecule has 0 aromatic heterocycles. The highest BCUT2D eigenvalue weighted by Crippen LogP contribution is 2.42. The zero-order valence-corrected chi connectivity index (χ0v) is 22.3. The molecule has 0 aliphatic carbocycles. The number of nitrogens with zero attached hydrogens (tertiary/aromatic N) is 3. The van der Waals surface area contributed by atoms with E-state index in [0.717, 1.165) is 11.8 Å². The number of hydrogen-bond donors (Lipinski definition) is 3. The lowest BCUT2D eigenvalue weighted by atomic mass is 9.89. The lowest BCUT2D eigenvalue weighted by Gasteiger charge is -2.43. The fraction of sp³-hybridized carbons (Fsp3) is 0.560. The molecule has 2 heterocycles. The molecule has 1 saturated heterocycles. The first kappa shape index (κ1) is 29.7. The van der Waals surface area contributed by atoms with Crippen molar-refractivity contribution in [3.05, 3.63) is 24.3 Å². The quantitative estimate of drug-likeness (QED) is 0.456. The Morgan fingerprint density at radius 2 is 1.82 bits per heavy atom. The van der Waals surface area contributed by atoms with Crippen LogP contribution in [-0.4, -0.2) is 89.8 Å². The van der Waals surface area contributed by atoms with E-state index in [2.05, 4.69) is 5.32 Å². The molecule has 1 spiro atoms. The first-order valence-electron chi connectivity index (χ1n) is 12.4. The Balaban J connectivity index is 1.93. The van der Waals surface area contributed by atoms with Gasteiger partial charge < -0.3 is 31.1 Å². The second kappa shape index (κ2) is 10.7. The Hall–Kier alpha value is -3.84. The maximum Gasteiger partial charge on any atom is 0.471 e. The molecule has 0 radical (unpaired) electrons. The largest absolute Gasteiger partial charge is 0.471 e. The molecular weight excluding hydrogens is 521 g/mol. The maximum atomic E-state index is 13.9. The van der Waals surface area contributed by atoms with E-state index in [-0.39, 0.29) is 25.3 Å². The number of likely N-dealkylation sites (N-methyl/N-ethyl adjacent to an activating group) is 2. The number of fused-ring (bicyclic) bond motifs is 1. The van der Waals surface area contributed by atoms with Crippen LogP contribution in [0.25, 0.3) is 0 Å². The molecule has 3 rings (SSSR count). The maximum absolute atomic E-state index is 13.9. The normalized spacial score (nSPS) is 22.3. The Kier molecular flexibility index (Phi) is 8.18. The number of amides is 5. The van der Waals surface area contributed by atoms with E-state index in [4.69, 9.17) is 5.73 Å². The smallest absolute Gasteiger partial charge is 0.368 e. The third-order valence-electron chi connectivity index (χ3n) is 7.30. The highest BCUT2D eigenvalue weighted by molar-refractivity contribution is 6.08. The van der Waals surface area contributed by atoms with Crippen LogP contribution in [0.2, 0.25) is 0 Å². The van der Waals surface area contributed by atoms with Crippen molar-refractivity contribution >= 4 is 40.9 Å². The van der Waals surface area contributed by atoms with Crippen molar-refractivity contribution in [3.63, 3.8) is 0 Å². The van der Waals surface area contributed by atoms with Crippen molar-refractivity contribution in [2.45, 2.75) is 63.5 Å². The molecule has 2 aliphatic heterocycles. The van der Waals surface area contributed by atoms with E-state index < -0.39 is 59.4 Å². The molecule has 214 valence electrons. The minimum Gasteiger partial charge on any atom is -0.368 e. The molecule has 5 amide bonds. The highest BCUT2D eigenvalue weighted by atomic mass is 19.4. The number of anilines is 2. The van der Waals surface area contributed by atoms with Gasteiger partial charge in [0.05, 0.1) is 17.9 Å². The third-order valence-corrected chi connectivity index (χ3v) is 7.30. The minimum atomic E-state index is -5.19. The van der Waals surface area contributed by atoms with E-state index in [1.54, 1.807) is 55.4 Å². The van der Waals surface area contributed by atoms with Crippen molar-refractivity contribution in [1.29, 1.82) is 0 Å². The Morgan fingerprint density at radius 3 is 2.38 bits per heavy atom. The van der Waals surface area contributed by atoms with Gasteiger partial charge in [0.2, 0.25) is 17.7 Å². The van der Waals surface area contributed by atoms with Gasteiger partial charge in [-0.05, 0) is 31.4 Å². The van der Waals surface area contributed by atoms with Gasteiger partial charge in [-0.3, -0.25) is 24.0 Å². The molecule has 39 heavy (non-hydrogen) atoms. The van der Waals surface area contributed by atoms with Crippen molar-refractivity contribution in [3.8, 4) is 0 Å². The summed E-state index contributed by atoms with van der Waals surface area (Å²) in [5.41, 5.74) is 5.57. The van der Waals surface area contributed by atoms with Crippen LogP contribution < -0.4 is 21.3 Å². The number of carbonyl (C=O) groups is 5. The molecule has 11 nitrogen and oxygen atoms in total. The number of para-hydroxylation sites is 2. The number of primary amides is 1. The summed E-state index contributed by atoms with van der Waals surface area (Å²) in [5, 5.41) is 4.42. The summed E-state index contributed by atoms with van der Waals surface area (Å²) in [6.07, 6.45) is -5.19. The van der Waals surface area contributed by atoms with E-state index >= 15 is 0 Å². The molecule has 0 saturated carbocycles. The summed E-state index contributed by atoms with van der Waals surface area (Å²) in [6.45, 7) is 4.43. The van der Waals surface area contributed by atoms with Crippen LogP contribution in [0.3, 0.4) is 0 Å². The van der Waals surface area contributed by atoms with Crippen molar-refractivity contribution in [2.75, 3.05) is 30.9 Å². The first-order chi connectivity index (χ1) is 18.0. The fourth-order valence-corrected chi connectivity index (χ4v) is 5.13. The Morgan fingerprint density at radius 1 is 1.21 bits per heavy atom. The average Bonchev–Trinajstić information content (AvgIpc) is 3.26. The molecule has 0 unspecified atom stereocenters. The molecule has 14 heteroatoms. The van der Waals surface area contributed by atoms with E-state index in [9.17, 15) is 37.1 Å². The van der Waals surface area contributed by atoms with Gasteiger partial charge in [-0.25, -0.2) is 0 Å². The van der Waals surface area contributed by atoms with E-state index in [1.165, 1.54) is 11.9 Å². The predicted molar refractivity (Wildman–Crippen MR) is 135 cm³/mol. The number of nitrogens with two attached hydrogens (primary N) is 1. The second-order valence-corrected chi connectivity index (χ2v) is 10.4. The van der Waals surface area contributed by atoms with E-state index in [0.29, 0.717) is 11.4 Å². The third kappa shape index (κ3) is 5.64. The van der Waals surface area contributed by atoms with Gasteiger partial charge in [0, 0.05) is 20.5 Å². The van der Waals surface area contributed by atoms with Crippen LogP contribution >= 0.6 is 0 Å². The zero-order valence-electron chi connectivity index (χ0n) is 22.3. The topological polar surface area (TPSA) is 145 Å². The van der Waals surface area contributed by atoms with Crippen LogP contribution in [-0.2, 0) is 24.0 Å². The van der Waals surface area contributed by atoms with Crippen LogP contribution in [0.1, 0.15) is 33.6 Å². The molecule has 1 fully saturated rings. The van der Waals surface area contributed by atoms with Gasteiger partial charge in [-0.1, -0.05) is 26.0 Å². The number of hydrogen-bond acceptors (Lipinski definition) is 6. The molecule has 1 aromatic carbocycles. The molecule has 4 atom stereocenters. The van der Waals surface area contributed by atoms with Crippen molar-refractivity contribution in [1.82, 2.24) is 15.1 Å². The van der Waals surface area contributed by atoms with Crippen LogP contribution in [0, 0.1) is 5.92 Å². The number of halogens is 3. The molecule has 1 aromatic rings. The minimum absolute atomic E-state index is 0.0981. The lowest BCUT2D eigenvalue weighted by Crippen LogP contribution is -2.61. The van der Waals surface area contributed by atoms with Crippen LogP contribution in [0.15, 0.2) is 24.3 Å². The van der Waals surface area contributed by atoms with Gasteiger partial charge in [0.25, 0.3) is 5.91 Å². The van der Waals surface area contributed by atoms with Crippen LogP contribution in [0.5, 0.6) is 0 Å². The predicted octanol–water partition coefficient (Wildman–Crippen LogP) is 0.840. The fourth-order valence-electron chi connectivity index (χ4n) is 5.13. The SMILES string of the molecule is CC(C)C[C@@H](C(=O)N1C[C@]2(C[C@H]1C(N)=O)C(=O)Nc1ccccc1N2C)N(C)C(=O)[C@H](C)NC(=O)C(F)(F)F. The Labute approximate surface area is 223 Å². The number of benzene rings is 1. The van der Waals surface area contributed by atoms with Crippen molar-refractivity contribution in [2.24, 2.45) is 11.7 Å². The second-order valence-electron chi connectivity index (χ2n) is 10.4. The molecule has 0 bridgehead atoms. The van der Waals surface area contributed by atoms with Crippen molar-refractivity contribution < 1.29 is 37.1 Å². The average molecular weight is 555 g/mol. The molecular formula is C25H33F3N6O5. The first-order valence-corrected chi connectivity index (χ1v) is 12.4. The standard InChI is InChI=1S/C25H33F3N6O5/c1-13(2)10-17(32(4)20(36)14(3)30-23(39)25(26,27)28)21(37)34-12-24(11-18(34)19(29)35)22(38)31-15-8-6-7-9-16(15)33(24)5/h6-9,13-14,17-18H,10-12H2,1-5H3,(H2,29,35)(H,30,39)(H,31,38)/t14-,17-,18-,24+/m0/s1. The van der Waals surface area contributed by atoms with Crippen LogP contribution in [0.4, 0.5) is 24.5 Å². The molecule has 4 N–H and O–H groups in total. The van der Waals surface area contributed by atoms with Gasteiger partial charge >= 0.3 is 12.1 Å². The van der Waals surface area contributed by atoms with E-state index in [1.807, 2.05) is 0 Å². The lowest BCUT2D eigenvalue weighted by molar-refractivity contribution is -0.175. The summed E-state index contributed by atoms with van der Waals surface area (Å²) in [4.78, 5) is 68.0. The number of carbonyl (C=O) groups excluding carboxylic acids is 5. The van der Waals surface area contributed by atoms with Gasteiger partial charge in [-0.15, -0.1) is 0 Å². The number of rotatable bonds is 7. The highest BCUT2D eigenvalue weighted by Gasteiger charge is 2.58. The number of likely N-dealkylation sites (tertiary alicyclic amines) is 1. The van der Waals surface area contributed by atoms with Gasteiger partial charge in [0.15, 0.2) is 0 Å². The Bertz CT molecular complexity index is 1180. The monoisotopic (exact) mass is 554 g/mol. The van der Waals surface area contributed by atoms with Gasteiger partial charge in [0.1, 0.15) is 23.7 Å². The summed E-state index contributed by atoms with van der Waals surface area (Å²) < 4.78 is 38.1. The summed E-state index contributed by atoms with van der Waals surface area (Å²) in [5.74, 6) is -5.33. The number of nitrogens with one attached hydrogen (secondary N) is 2. The number of alkyl halides is 3. The molecule has 2 aliphatic rings.